The van der Waals surface area contributed by atoms with Gasteiger partial charge in [-0.1, -0.05) is 134 Å². The second-order valence-electron chi connectivity index (χ2n) is 11.7. The molecular formula is C40H30S2Si. The number of benzene rings is 5. The minimum absolute atomic E-state index is 1.28. The van der Waals surface area contributed by atoms with Crippen molar-refractivity contribution in [3.8, 4) is 10.4 Å². The molecule has 3 heterocycles. The topological polar surface area (TPSA) is 0 Å². The highest BCUT2D eigenvalue weighted by Gasteiger charge is 2.44. The van der Waals surface area contributed by atoms with Gasteiger partial charge in [-0.05, 0) is 78.8 Å². The van der Waals surface area contributed by atoms with E-state index in [9.17, 15) is 0 Å². The van der Waals surface area contributed by atoms with Gasteiger partial charge >= 0.3 is 0 Å². The average molecular weight is 603 g/mol. The van der Waals surface area contributed by atoms with Crippen LogP contribution in [0.2, 0.25) is 13.1 Å². The Morgan fingerprint density at radius 2 is 0.837 bits per heavy atom. The third kappa shape index (κ3) is 4.47. The molecule has 0 N–H and O–H groups in total. The summed E-state index contributed by atoms with van der Waals surface area (Å²) >= 11 is 3.82. The number of rotatable bonds is 5. The second kappa shape index (κ2) is 10.5. The molecule has 5 aromatic carbocycles. The Labute approximate surface area is 261 Å². The van der Waals surface area contributed by atoms with Crippen molar-refractivity contribution < 1.29 is 0 Å². The van der Waals surface area contributed by atoms with Crippen molar-refractivity contribution >= 4 is 72.5 Å². The molecule has 0 amide bonds. The Hall–Kier alpha value is -4.28. The summed E-state index contributed by atoms with van der Waals surface area (Å²) in [5, 5.41) is 5.71. The van der Waals surface area contributed by atoms with Gasteiger partial charge in [-0.15, -0.1) is 22.7 Å². The van der Waals surface area contributed by atoms with Crippen LogP contribution in [0.15, 0.2) is 146 Å². The highest BCUT2D eigenvalue weighted by molar-refractivity contribution is 7.24. The molecule has 43 heavy (non-hydrogen) atoms. The molecule has 0 saturated carbocycles. The van der Waals surface area contributed by atoms with Gasteiger partial charge in [-0.25, -0.2) is 0 Å². The van der Waals surface area contributed by atoms with Gasteiger partial charge in [-0.2, -0.15) is 0 Å². The molecule has 1 aliphatic heterocycles. The summed E-state index contributed by atoms with van der Waals surface area (Å²) in [7, 11) is -2.19. The van der Waals surface area contributed by atoms with Crippen LogP contribution in [0.25, 0.3) is 52.2 Å². The van der Waals surface area contributed by atoms with Crippen molar-refractivity contribution in [2.24, 2.45) is 0 Å². The van der Waals surface area contributed by atoms with E-state index in [1.807, 2.05) is 22.7 Å². The van der Waals surface area contributed by atoms with Crippen molar-refractivity contribution in [1.29, 1.82) is 0 Å². The van der Waals surface area contributed by atoms with E-state index in [1.54, 1.807) is 5.20 Å². The molecule has 2 aromatic heterocycles. The second-order valence-corrected chi connectivity index (χ2v) is 18.1. The largest absolute Gasteiger partial charge is 0.136 e. The van der Waals surface area contributed by atoms with E-state index in [0.717, 1.165) is 0 Å². The van der Waals surface area contributed by atoms with Crippen molar-refractivity contribution in [3.63, 3.8) is 0 Å². The first-order chi connectivity index (χ1) is 21.1. The molecule has 3 heteroatoms. The third-order valence-corrected chi connectivity index (χ3v) is 14.7. The minimum Gasteiger partial charge on any atom is -0.136 e. The summed E-state index contributed by atoms with van der Waals surface area (Å²) in [5.41, 5.74) is 8.01. The smallest absolute Gasteiger partial charge is 0.116 e. The van der Waals surface area contributed by atoms with Gasteiger partial charge < -0.3 is 0 Å². The van der Waals surface area contributed by atoms with Crippen LogP contribution < -0.4 is 0 Å². The molecule has 1 aliphatic rings. The summed E-state index contributed by atoms with van der Waals surface area (Å²) in [6, 6.07) is 53.8. The molecule has 0 nitrogen and oxygen atoms in total. The van der Waals surface area contributed by atoms with Crippen LogP contribution in [0.5, 0.6) is 0 Å². The summed E-state index contributed by atoms with van der Waals surface area (Å²) in [4.78, 5) is 2.73. The molecule has 8 rings (SSSR count). The van der Waals surface area contributed by atoms with Crippen molar-refractivity contribution in [1.82, 2.24) is 0 Å². The normalized spacial score (nSPS) is 14.7. The first kappa shape index (κ1) is 26.4. The molecular weight excluding hydrogens is 573 g/mol. The first-order valence-electron chi connectivity index (χ1n) is 14.8. The molecule has 0 saturated heterocycles. The van der Waals surface area contributed by atoms with Gasteiger partial charge in [0.1, 0.15) is 8.07 Å². The maximum atomic E-state index is 2.56. The van der Waals surface area contributed by atoms with Gasteiger partial charge in [0.05, 0.1) is 0 Å². The van der Waals surface area contributed by atoms with Crippen LogP contribution in [0.4, 0.5) is 0 Å². The summed E-state index contributed by atoms with van der Waals surface area (Å²) < 4.78 is 2.69. The van der Waals surface area contributed by atoms with Crippen LogP contribution in [-0.4, -0.2) is 8.07 Å². The van der Waals surface area contributed by atoms with E-state index < -0.39 is 8.07 Å². The van der Waals surface area contributed by atoms with E-state index in [-0.39, 0.29) is 0 Å². The summed E-state index contributed by atoms with van der Waals surface area (Å²) in [5.74, 6) is 0. The van der Waals surface area contributed by atoms with Gasteiger partial charge in [0, 0.05) is 19.2 Å². The molecule has 0 fully saturated rings. The molecule has 206 valence electrons. The predicted octanol–water partition coefficient (Wildman–Crippen LogP) is 12.1. The predicted molar refractivity (Wildman–Crippen MR) is 193 cm³/mol. The fourth-order valence-corrected chi connectivity index (χ4v) is 13.4. The lowest BCUT2D eigenvalue weighted by Crippen LogP contribution is -2.28. The minimum atomic E-state index is -2.19. The van der Waals surface area contributed by atoms with E-state index in [2.05, 4.69) is 159 Å². The quantitative estimate of drug-likeness (QED) is 0.172. The Balaban J connectivity index is 1.36. The average Bonchev–Trinajstić information content (AvgIpc) is 3.73. The zero-order valence-electron chi connectivity index (χ0n) is 24.2. The van der Waals surface area contributed by atoms with Crippen molar-refractivity contribution in [2.45, 2.75) is 13.1 Å². The lowest BCUT2D eigenvalue weighted by atomic mass is 9.90. The Kier molecular flexibility index (Phi) is 6.41. The lowest BCUT2D eigenvalue weighted by molar-refractivity contribution is 1.58. The van der Waals surface area contributed by atoms with Crippen LogP contribution in [0, 0.1) is 0 Å². The Morgan fingerprint density at radius 1 is 0.395 bits per heavy atom. The number of hydrogen-bond acceptors (Lipinski definition) is 2. The highest BCUT2D eigenvalue weighted by Crippen LogP contribution is 2.57. The monoisotopic (exact) mass is 602 g/mol. The van der Waals surface area contributed by atoms with Crippen LogP contribution in [-0.2, 0) is 0 Å². The van der Waals surface area contributed by atoms with Crippen LogP contribution in [0.3, 0.4) is 0 Å². The van der Waals surface area contributed by atoms with Gasteiger partial charge in [0.2, 0.25) is 0 Å². The molecule has 0 bridgehead atoms. The standard InChI is InChI=1S/C40H30S2Si/c1-43(2)39(30-23-21-27(22-24-30)35-25-31-17-9-11-19-33(31)41-35)37(28-13-5-3-6-14-28)38(29-15-7-4-8-16-29)40(43)36-26-32-18-10-12-20-34(32)42-36/h3-26H,1-2H3. The zero-order chi connectivity index (χ0) is 29.0. The maximum Gasteiger partial charge on any atom is 0.116 e. The van der Waals surface area contributed by atoms with E-state index in [1.165, 1.54) is 68.5 Å². The van der Waals surface area contributed by atoms with Crippen LogP contribution in [0.1, 0.15) is 21.6 Å². The van der Waals surface area contributed by atoms with Crippen molar-refractivity contribution in [3.05, 3.63) is 167 Å². The molecule has 0 radical (unpaired) electrons. The fraction of sp³-hybridized carbons (Fsp3) is 0.0500. The number of hydrogen-bond donors (Lipinski definition) is 0. The molecule has 0 unspecified atom stereocenters. The lowest BCUT2D eigenvalue weighted by Gasteiger charge is -2.25. The zero-order valence-corrected chi connectivity index (χ0v) is 26.8. The number of fused-ring (bicyclic) bond motifs is 2. The van der Waals surface area contributed by atoms with Crippen molar-refractivity contribution in [2.75, 3.05) is 0 Å². The number of allylic oxidation sites excluding steroid dienone is 2. The van der Waals surface area contributed by atoms with E-state index in [0.29, 0.717) is 0 Å². The van der Waals surface area contributed by atoms with E-state index >= 15 is 0 Å². The van der Waals surface area contributed by atoms with Gasteiger partial charge in [0.15, 0.2) is 0 Å². The molecule has 0 atom stereocenters. The summed E-state index contributed by atoms with van der Waals surface area (Å²) in [6.07, 6.45) is 0. The van der Waals surface area contributed by atoms with E-state index in [4.69, 9.17) is 0 Å². The third-order valence-electron chi connectivity index (χ3n) is 8.68. The molecule has 0 aliphatic carbocycles. The van der Waals surface area contributed by atoms with Gasteiger partial charge in [-0.3, -0.25) is 0 Å². The highest BCUT2D eigenvalue weighted by atomic mass is 32.1. The maximum absolute atomic E-state index is 2.56. The summed E-state index contributed by atoms with van der Waals surface area (Å²) in [6.45, 7) is 5.11. The molecule has 7 aromatic rings. The SMILES string of the molecule is C[Si]1(C)C(c2ccc(-c3cc4ccccc4s3)cc2)=C(c2ccccc2)C(c2ccccc2)=C1c1cc2ccccc2s1. The van der Waals surface area contributed by atoms with Crippen LogP contribution >= 0.6 is 22.7 Å². The Bertz CT molecular complexity index is 2110. The molecule has 0 spiro atoms. The fourth-order valence-electron chi connectivity index (χ4n) is 6.75. The number of thiophene rings is 2. The van der Waals surface area contributed by atoms with Gasteiger partial charge in [0.25, 0.3) is 0 Å². The first-order valence-corrected chi connectivity index (χ1v) is 19.4. The Morgan fingerprint density at radius 3 is 1.40 bits per heavy atom.